The largest absolute Gasteiger partial charge is 0.419 e. The summed E-state index contributed by atoms with van der Waals surface area (Å²) in [6.45, 7) is 6.08. The molecule has 0 atom stereocenters. The van der Waals surface area contributed by atoms with E-state index >= 15 is 0 Å². The summed E-state index contributed by atoms with van der Waals surface area (Å²) >= 11 is 6.18. The van der Waals surface area contributed by atoms with E-state index in [2.05, 4.69) is 10.2 Å². The van der Waals surface area contributed by atoms with Gasteiger partial charge in [0.1, 0.15) is 0 Å². The van der Waals surface area contributed by atoms with Gasteiger partial charge < -0.3 is 9.32 Å². The molecule has 0 aliphatic carbocycles. The van der Waals surface area contributed by atoms with E-state index in [-0.39, 0.29) is 18.5 Å². The van der Waals surface area contributed by atoms with Gasteiger partial charge in [-0.3, -0.25) is 4.79 Å². The van der Waals surface area contributed by atoms with Crippen molar-refractivity contribution in [2.75, 3.05) is 0 Å². The Morgan fingerprint density at radius 3 is 2.50 bits per heavy atom. The van der Waals surface area contributed by atoms with Gasteiger partial charge in [0.25, 0.3) is 5.91 Å². The maximum Gasteiger partial charge on any atom is 0.254 e. The van der Waals surface area contributed by atoms with E-state index in [1.807, 2.05) is 63.2 Å². The van der Waals surface area contributed by atoms with Gasteiger partial charge in [-0.2, -0.15) is 0 Å². The van der Waals surface area contributed by atoms with Crippen LogP contribution in [0.4, 0.5) is 0 Å². The minimum Gasteiger partial charge on any atom is -0.419 e. The Balaban J connectivity index is 1.85. The summed E-state index contributed by atoms with van der Waals surface area (Å²) in [7, 11) is 0. The topological polar surface area (TPSA) is 59.2 Å². The normalized spacial score (nSPS) is 11.0. The lowest BCUT2D eigenvalue weighted by Gasteiger charge is -2.26. The van der Waals surface area contributed by atoms with Crippen LogP contribution in [-0.4, -0.2) is 27.0 Å². The van der Waals surface area contributed by atoms with Crippen molar-refractivity contribution < 1.29 is 9.21 Å². The van der Waals surface area contributed by atoms with E-state index in [0.29, 0.717) is 27.9 Å². The quantitative estimate of drug-likeness (QED) is 0.651. The number of halogens is 1. The second-order valence-corrected chi connectivity index (χ2v) is 6.73. The summed E-state index contributed by atoms with van der Waals surface area (Å²) in [5.41, 5.74) is 2.28. The Morgan fingerprint density at radius 1 is 1.12 bits per heavy atom. The van der Waals surface area contributed by atoms with Crippen molar-refractivity contribution in [3.63, 3.8) is 0 Å². The maximum atomic E-state index is 13.0. The number of nitrogens with zero attached hydrogens (tertiary/aromatic N) is 3. The molecule has 134 valence electrons. The monoisotopic (exact) mass is 369 g/mol. The van der Waals surface area contributed by atoms with E-state index in [9.17, 15) is 4.79 Å². The molecule has 2 aromatic carbocycles. The molecule has 0 N–H and O–H groups in total. The number of hydrogen-bond donors (Lipinski definition) is 0. The van der Waals surface area contributed by atoms with Crippen molar-refractivity contribution in [3.05, 3.63) is 70.6 Å². The van der Waals surface area contributed by atoms with Gasteiger partial charge in [0.05, 0.1) is 17.1 Å². The first-order valence-electron chi connectivity index (χ1n) is 8.41. The molecule has 0 saturated carbocycles. The summed E-state index contributed by atoms with van der Waals surface area (Å²) in [6.07, 6.45) is 0. The number of hydrogen-bond acceptors (Lipinski definition) is 4. The average Bonchev–Trinajstić information content (AvgIpc) is 3.08. The Bertz CT molecular complexity index is 921. The molecular weight excluding hydrogens is 350 g/mol. The zero-order valence-electron chi connectivity index (χ0n) is 14.9. The van der Waals surface area contributed by atoms with Crippen molar-refractivity contribution in [1.29, 1.82) is 0 Å². The minimum atomic E-state index is -0.0596. The molecule has 5 nitrogen and oxygen atoms in total. The van der Waals surface area contributed by atoms with Gasteiger partial charge in [-0.05, 0) is 44.5 Å². The maximum absolute atomic E-state index is 13.0. The summed E-state index contributed by atoms with van der Waals surface area (Å²) < 4.78 is 5.75. The molecule has 1 aromatic heterocycles. The van der Waals surface area contributed by atoms with Gasteiger partial charge in [0.2, 0.25) is 11.8 Å². The molecule has 0 radical (unpaired) electrons. The number of amides is 1. The third kappa shape index (κ3) is 3.78. The summed E-state index contributed by atoms with van der Waals surface area (Å²) in [5.74, 6) is 0.656. The Kier molecular flexibility index (Phi) is 5.38. The third-order valence-electron chi connectivity index (χ3n) is 4.14. The number of carbonyl (C=O) groups excluding carboxylic acids is 1. The number of benzene rings is 2. The standard InChI is InChI=1S/C20H20ClN3O2/c1-13(2)24(20(25)15-9-5-4-8-14(15)3)12-18-22-23-19(26-18)16-10-6-7-11-17(16)21/h4-11,13H,12H2,1-3H3. The number of carbonyl (C=O) groups is 1. The highest BCUT2D eigenvalue weighted by Crippen LogP contribution is 2.26. The van der Waals surface area contributed by atoms with Gasteiger partial charge in [-0.15, -0.1) is 10.2 Å². The predicted octanol–water partition coefficient (Wildman–Crippen LogP) is 4.75. The lowest BCUT2D eigenvalue weighted by atomic mass is 10.1. The first-order chi connectivity index (χ1) is 12.5. The van der Waals surface area contributed by atoms with Crippen molar-refractivity contribution in [3.8, 4) is 11.5 Å². The molecule has 1 heterocycles. The SMILES string of the molecule is Cc1ccccc1C(=O)N(Cc1nnc(-c2ccccc2Cl)o1)C(C)C. The molecule has 0 saturated heterocycles. The molecule has 0 aliphatic rings. The highest BCUT2D eigenvalue weighted by Gasteiger charge is 2.23. The van der Waals surface area contributed by atoms with E-state index in [1.54, 1.807) is 11.0 Å². The van der Waals surface area contributed by atoms with Crippen LogP contribution in [0.5, 0.6) is 0 Å². The average molecular weight is 370 g/mol. The van der Waals surface area contributed by atoms with Crippen LogP contribution in [0.1, 0.15) is 35.7 Å². The van der Waals surface area contributed by atoms with Crippen LogP contribution in [0, 0.1) is 6.92 Å². The fourth-order valence-corrected chi connectivity index (χ4v) is 2.88. The third-order valence-corrected chi connectivity index (χ3v) is 4.47. The first-order valence-corrected chi connectivity index (χ1v) is 8.79. The Hall–Kier alpha value is -2.66. The fraction of sp³-hybridized carbons (Fsp3) is 0.250. The summed E-state index contributed by atoms with van der Waals surface area (Å²) in [6, 6.07) is 14.8. The smallest absolute Gasteiger partial charge is 0.254 e. The lowest BCUT2D eigenvalue weighted by Crippen LogP contribution is -2.36. The number of aromatic nitrogens is 2. The van der Waals surface area contributed by atoms with Crippen molar-refractivity contribution in [2.24, 2.45) is 0 Å². The lowest BCUT2D eigenvalue weighted by molar-refractivity contribution is 0.0671. The highest BCUT2D eigenvalue weighted by molar-refractivity contribution is 6.33. The zero-order valence-corrected chi connectivity index (χ0v) is 15.7. The van der Waals surface area contributed by atoms with Crippen molar-refractivity contribution in [2.45, 2.75) is 33.4 Å². The zero-order chi connectivity index (χ0) is 18.7. The number of rotatable bonds is 5. The Morgan fingerprint density at radius 2 is 1.81 bits per heavy atom. The molecule has 0 bridgehead atoms. The van der Waals surface area contributed by atoms with Gasteiger partial charge in [-0.25, -0.2) is 0 Å². The van der Waals surface area contributed by atoms with Gasteiger partial charge in [-0.1, -0.05) is 41.9 Å². The fourth-order valence-electron chi connectivity index (χ4n) is 2.66. The summed E-state index contributed by atoms with van der Waals surface area (Å²) in [5, 5.41) is 8.70. The van der Waals surface area contributed by atoms with Gasteiger partial charge in [0.15, 0.2) is 0 Å². The first kappa shape index (κ1) is 18.1. The predicted molar refractivity (Wildman–Crippen MR) is 101 cm³/mol. The van der Waals surface area contributed by atoms with Crippen LogP contribution >= 0.6 is 11.6 Å². The molecular formula is C20H20ClN3O2. The van der Waals surface area contributed by atoms with Crippen molar-refractivity contribution >= 4 is 17.5 Å². The molecule has 3 aromatic rings. The summed E-state index contributed by atoms with van der Waals surface area (Å²) in [4.78, 5) is 14.7. The molecule has 1 amide bonds. The molecule has 26 heavy (non-hydrogen) atoms. The minimum absolute atomic E-state index is 0.0160. The molecule has 3 rings (SSSR count). The van der Waals surface area contributed by atoms with Crippen LogP contribution in [0.3, 0.4) is 0 Å². The molecule has 0 fully saturated rings. The molecule has 6 heteroatoms. The molecule has 0 unspecified atom stereocenters. The second kappa shape index (κ2) is 7.70. The van der Waals surface area contributed by atoms with Crippen LogP contribution < -0.4 is 0 Å². The highest BCUT2D eigenvalue weighted by atomic mass is 35.5. The second-order valence-electron chi connectivity index (χ2n) is 6.32. The van der Waals surface area contributed by atoms with Gasteiger partial charge >= 0.3 is 0 Å². The van der Waals surface area contributed by atoms with Crippen LogP contribution in [-0.2, 0) is 6.54 Å². The molecule has 0 spiro atoms. The Labute approximate surface area is 157 Å². The van der Waals surface area contributed by atoms with E-state index in [1.165, 1.54) is 0 Å². The molecule has 0 aliphatic heterocycles. The van der Waals surface area contributed by atoms with Crippen LogP contribution in [0.25, 0.3) is 11.5 Å². The van der Waals surface area contributed by atoms with Crippen molar-refractivity contribution in [1.82, 2.24) is 15.1 Å². The van der Waals surface area contributed by atoms with E-state index < -0.39 is 0 Å². The van der Waals surface area contributed by atoms with Gasteiger partial charge in [0, 0.05) is 11.6 Å². The number of aryl methyl sites for hydroxylation is 1. The van der Waals surface area contributed by atoms with E-state index in [0.717, 1.165) is 5.56 Å². The van der Waals surface area contributed by atoms with E-state index in [4.69, 9.17) is 16.0 Å². The van der Waals surface area contributed by atoms with Crippen LogP contribution in [0.2, 0.25) is 5.02 Å². The van der Waals surface area contributed by atoms with Crippen LogP contribution in [0.15, 0.2) is 52.9 Å².